The Morgan fingerprint density at radius 2 is 1.86 bits per heavy atom. The van der Waals surface area contributed by atoms with Gasteiger partial charge in [-0.15, -0.1) is 0 Å². The Bertz CT molecular complexity index is 355. The molecule has 0 bridgehead atoms. The maximum atomic E-state index is 12.6. The number of benzene rings is 1. The van der Waals surface area contributed by atoms with Crippen molar-refractivity contribution in [1.29, 1.82) is 0 Å². The van der Waals surface area contributed by atoms with Gasteiger partial charge in [-0.2, -0.15) is 0 Å². The Morgan fingerprint density at radius 1 is 1.21 bits per heavy atom. The number of nitrogens with two attached hydrogens (primary N) is 2. The van der Waals surface area contributed by atoms with Crippen molar-refractivity contribution in [1.82, 2.24) is 0 Å². The summed E-state index contributed by atoms with van der Waals surface area (Å²) >= 11 is 0. The summed E-state index contributed by atoms with van der Waals surface area (Å²) in [5.41, 5.74) is 13.0. The predicted molar refractivity (Wildman–Crippen MR) is 52.2 cm³/mol. The second kappa shape index (κ2) is 2.83. The number of rotatable bonds is 1. The number of para-hydroxylation sites is 1. The highest BCUT2D eigenvalue weighted by atomic mass is 19.3. The zero-order valence-electron chi connectivity index (χ0n) is 7.63. The molecular formula is C10H12F2N2. The molecule has 0 atom stereocenters. The van der Waals surface area contributed by atoms with Crippen molar-refractivity contribution in [3.8, 4) is 0 Å². The molecule has 0 spiro atoms. The summed E-state index contributed by atoms with van der Waals surface area (Å²) in [5, 5.41) is 0. The van der Waals surface area contributed by atoms with E-state index in [0.29, 0.717) is 11.4 Å². The summed E-state index contributed by atoms with van der Waals surface area (Å²) in [6.45, 7) is 0. The van der Waals surface area contributed by atoms with Crippen molar-refractivity contribution in [2.24, 2.45) is 0 Å². The lowest BCUT2D eigenvalue weighted by atomic mass is 9.76. The molecule has 1 saturated carbocycles. The molecule has 76 valence electrons. The minimum Gasteiger partial charge on any atom is -0.397 e. The lowest BCUT2D eigenvalue weighted by Gasteiger charge is -2.35. The maximum absolute atomic E-state index is 12.6. The molecule has 1 aliphatic rings. The van der Waals surface area contributed by atoms with E-state index in [9.17, 15) is 8.78 Å². The van der Waals surface area contributed by atoms with Gasteiger partial charge in [0.1, 0.15) is 0 Å². The van der Waals surface area contributed by atoms with Crippen LogP contribution >= 0.6 is 0 Å². The molecule has 2 rings (SSSR count). The molecule has 4 heteroatoms. The number of hydrogen-bond donors (Lipinski definition) is 2. The standard InChI is InChI=1S/C10H12F2N2/c11-10(12)4-6(5-10)7-2-1-3-8(13)9(7)14/h1-3,6H,4-5,13-14H2. The topological polar surface area (TPSA) is 52.0 Å². The van der Waals surface area contributed by atoms with Gasteiger partial charge in [0.05, 0.1) is 11.4 Å². The highest BCUT2D eigenvalue weighted by molar-refractivity contribution is 5.68. The Balaban J connectivity index is 2.23. The van der Waals surface area contributed by atoms with Crippen LogP contribution in [0.2, 0.25) is 0 Å². The van der Waals surface area contributed by atoms with Crippen molar-refractivity contribution in [2.45, 2.75) is 24.7 Å². The van der Waals surface area contributed by atoms with Crippen LogP contribution in [-0.4, -0.2) is 5.92 Å². The first kappa shape index (κ1) is 9.24. The second-order valence-electron chi connectivity index (χ2n) is 3.81. The average Bonchev–Trinajstić information content (AvgIpc) is 2.06. The molecule has 4 N–H and O–H groups in total. The van der Waals surface area contributed by atoms with Crippen molar-refractivity contribution < 1.29 is 8.78 Å². The first-order valence-electron chi connectivity index (χ1n) is 4.51. The van der Waals surface area contributed by atoms with Gasteiger partial charge in [-0.3, -0.25) is 0 Å². The Hall–Kier alpha value is -1.32. The molecule has 0 saturated heterocycles. The first-order chi connectivity index (χ1) is 6.49. The number of halogens is 2. The SMILES string of the molecule is Nc1cccc(C2CC(F)(F)C2)c1N. The van der Waals surface area contributed by atoms with E-state index in [4.69, 9.17) is 11.5 Å². The van der Waals surface area contributed by atoms with Gasteiger partial charge in [0.2, 0.25) is 5.92 Å². The van der Waals surface area contributed by atoms with E-state index in [-0.39, 0.29) is 18.8 Å². The molecule has 0 amide bonds. The Labute approximate surface area is 80.9 Å². The summed E-state index contributed by atoms with van der Waals surface area (Å²) in [5.74, 6) is -2.64. The van der Waals surface area contributed by atoms with Crippen LogP contribution in [-0.2, 0) is 0 Å². The summed E-state index contributed by atoms with van der Waals surface area (Å²) in [6.07, 6.45) is -0.221. The highest BCUT2D eigenvalue weighted by Gasteiger charge is 2.46. The predicted octanol–water partition coefficient (Wildman–Crippen LogP) is 2.36. The van der Waals surface area contributed by atoms with Crippen LogP contribution in [0.3, 0.4) is 0 Å². The smallest absolute Gasteiger partial charge is 0.249 e. The van der Waals surface area contributed by atoms with Crippen LogP contribution in [0.5, 0.6) is 0 Å². The van der Waals surface area contributed by atoms with Crippen molar-refractivity contribution in [3.05, 3.63) is 23.8 Å². The molecular weight excluding hydrogens is 186 g/mol. The second-order valence-corrected chi connectivity index (χ2v) is 3.81. The number of hydrogen-bond acceptors (Lipinski definition) is 2. The van der Waals surface area contributed by atoms with E-state index in [0.717, 1.165) is 5.56 Å². The Morgan fingerprint density at radius 3 is 2.43 bits per heavy atom. The zero-order chi connectivity index (χ0) is 10.3. The molecule has 2 nitrogen and oxygen atoms in total. The molecule has 0 aromatic heterocycles. The summed E-state index contributed by atoms with van der Waals surface area (Å²) < 4.78 is 25.3. The fourth-order valence-electron chi connectivity index (χ4n) is 1.84. The normalized spacial score (nSPS) is 20.4. The lowest BCUT2D eigenvalue weighted by Crippen LogP contribution is -2.34. The minimum atomic E-state index is -2.51. The largest absolute Gasteiger partial charge is 0.397 e. The van der Waals surface area contributed by atoms with Gasteiger partial charge < -0.3 is 11.5 Å². The zero-order valence-corrected chi connectivity index (χ0v) is 7.63. The molecule has 1 aromatic carbocycles. The van der Waals surface area contributed by atoms with Crippen LogP contribution in [0.4, 0.5) is 20.2 Å². The third-order valence-electron chi connectivity index (χ3n) is 2.70. The van der Waals surface area contributed by atoms with Crippen molar-refractivity contribution >= 4 is 11.4 Å². The van der Waals surface area contributed by atoms with Crippen molar-refractivity contribution in [3.63, 3.8) is 0 Å². The molecule has 1 aliphatic carbocycles. The van der Waals surface area contributed by atoms with Gasteiger partial charge in [-0.25, -0.2) is 8.78 Å². The number of alkyl halides is 2. The fourth-order valence-corrected chi connectivity index (χ4v) is 1.84. The minimum absolute atomic E-state index is 0.110. The van der Waals surface area contributed by atoms with E-state index in [1.54, 1.807) is 18.2 Å². The average molecular weight is 198 g/mol. The van der Waals surface area contributed by atoms with Gasteiger partial charge >= 0.3 is 0 Å². The third kappa shape index (κ3) is 1.41. The maximum Gasteiger partial charge on any atom is 0.249 e. The van der Waals surface area contributed by atoms with E-state index >= 15 is 0 Å². The molecule has 1 aromatic rings. The quantitative estimate of drug-likeness (QED) is 0.680. The van der Waals surface area contributed by atoms with E-state index in [1.807, 2.05) is 0 Å². The Kier molecular flexibility index (Phi) is 1.87. The molecule has 14 heavy (non-hydrogen) atoms. The summed E-state index contributed by atoms with van der Waals surface area (Å²) in [4.78, 5) is 0. The molecule has 0 radical (unpaired) electrons. The van der Waals surface area contributed by atoms with E-state index < -0.39 is 5.92 Å². The molecule has 0 unspecified atom stereocenters. The van der Waals surface area contributed by atoms with Crippen molar-refractivity contribution in [2.75, 3.05) is 11.5 Å². The van der Waals surface area contributed by atoms with E-state index in [2.05, 4.69) is 0 Å². The number of anilines is 2. The van der Waals surface area contributed by atoms with Crippen LogP contribution < -0.4 is 11.5 Å². The van der Waals surface area contributed by atoms with Gasteiger partial charge in [-0.05, 0) is 17.5 Å². The highest BCUT2D eigenvalue weighted by Crippen LogP contribution is 2.50. The third-order valence-corrected chi connectivity index (χ3v) is 2.70. The molecule has 1 fully saturated rings. The summed E-state index contributed by atoms with van der Waals surface area (Å²) in [6, 6.07) is 5.19. The van der Waals surface area contributed by atoms with Gasteiger partial charge in [0, 0.05) is 12.8 Å². The first-order valence-corrected chi connectivity index (χ1v) is 4.51. The van der Waals surface area contributed by atoms with Crippen LogP contribution in [0.1, 0.15) is 24.3 Å². The molecule has 0 heterocycles. The van der Waals surface area contributed by atoms with E-state index in [1.165, 1.54) is 0 Å². The van der Waals surface area contributed by atoms with Gasteiger partial charge in [0.15, 0.2) is 0 Å². The summed E-state index contributed by atoms with van der Waals surface area (Å²) in [7, 11) is 0. The van der Waals surface area contributed by atoms with Crippen LogP contribution in [0, 0.1) is 0 Å². The van der Waals surface area contributed by atoms with Crippen LogP contribution in [0.15, 0.2) is 18.2 Å². The monoisotopic (exact) mass is 198 g/mol. The number of nitrogen functional groups attached to an aromatic ring is 2. The van der Waals surface area contributed by atoms with Gasteiger partial charge in [-0.1, -0.05) is 12.1 Å². The van der Waals surface area contributed by atoms with Gasteiger partial charge in [0.25, 0.3) is 0 Å². The fraction of sp³-hybridized carbons (Fsp3) is 0.400. The lowest BCUT2D eigenvalue weighted by molar-refractivity contribution is -0.0865. The van der Waals surface area contributed by atoms with Crippen LogP contribution in [0.25, 0.3) is 0 Å². The molecule has 0 aliphatic heterocycles.